The van der Waals surface area contributed by atoms with Gasteiger partial charge >= 0.3 is 0 Å². The second kappa shape index (κ2) is 7.31. The molecule has 150 valence electrons. The van der Waals surface area contributed by atoms with E-state index in [0.29, 0.717) is 25.2 Å². The highest BCUT2D eigenvalue weighted by atomic mass is 32.1. The van der Waals surface area contributed by atoms with Gasteiger partial charge in [-0.2, -0.15) is 5.26 Å². The number of benzene rings is 1. The van der Waals surface area contributed by atoms with Crippen molar-refractivity contribution in [3.05, 3.63) is 52.0 Å². The van der Waals surface area contributed by atoms with Gasteiger partial charge in [0.2, 0.25) is 17.7 Å². The molecule has 0 bridgehead atoms. The minimum Gasteiger partial charge on any atom is -0.424 e. The van der Waals surface area contributed by atoms with Gasteiger partial charge in [0.05, 0.1) is 22.7 Å². The number of nitrogens with zero attached hydrogens (tertiary/aromatic N) is 4. The summed E-state index contributed by atoms with van der Waals surface area (Å²) in [5.41, 5.74) is 1.44. The van der Waals surface area contributed by atoms with Crippen molar-refractivity contribution in [1.29, 1.82) is 5.26 Å². The van der Waals surface area contributed by atoms with Crippen LogP contribution >= 0.6 is 22.7 Å². The van der Waals surface area contributed by atoms with Gasteiger partial charge in [0.25, 0.3) is 0 Å². The second-order valence-electron chi connectivity index (χ2n) is 7.39. The summed E-state index contributed by atoms with van der Waals surface area (Å²) in [4.78, 5) is 19.3. The third kappa shape index (κ3) is 3.84. The van der Waals surface area contributed by atoms with E-state index >= 15 is 0 Å². The topological polar surface area (TPSA) is 105 Å². The minimum atomic E-state index is -0.693. The van der Waals surface area contributed by atoms with Gasteiger partial charge in [-0.25, -0.2) is 4.98 Å². The largest absolute Gasteiger partial charge is 0.424 e. The van der Waals surface area contributed by atoms with E-state index in [1.165, 1.54) is 15.3 Å². The maximum absolute atomic E-state index is 12.1. The molecule has 1 aliphatic carbocycles. The molecule has 1 aromatic carbocycles. The van der Waals surface area contributed by atoms with Gasteiger partial charge in [0, 0.05) is 9.75 Å². The smallest absolute Gasteiger partial charge is 0.230 e. The van der Waals surface area contributed by atoms with Crippen molar-refractivity contribution >= 4 is 38.8 Å². The molecule has 9 heteroatoms. The molecule has 1 aliphatic rings. The monoisotopic (exact) mass is 435 g/mol. The van der Waals surface area contributed by atoms with Crippen LogP contribution in [-0.2, 0) is 17.6 Å². The van der Waals surface area contributed by atoms with Crippen molar-refractivity contribution in [2.24, 2.45) is 0 Å². The lowest BCUT2D eigenvalue weighted by atomic mass is 10.2. The Hall–Kier alpha value is -3.09. The van der Waals surface area contributed by atoms with E-state index in [9.17, 15) is 4.79 Å². The van der Waals surface area contributed by atoms with Crippen LogP contribution in [0.15, 0.2) is 34.7 Å². The normalized spacial score (nSPS) is 14.5. The number of nitriles is 1. The van der Waals surface area contributed by atoms with E-state index in [4.69, 9.17) is 9.68 Å². The molecular weight excluding hydrogens is 418 g/mol. The summed E-state index contributed by atoms with van der Waals surface area (Å²) in [5.74, 6) is 0.390. The van der Waals surface area contributed by atoms with Gasteiger partial charge in [0.15, 0.2) is 0 Å². The first kappa shape index (κ1) is 18.9. The van der Waals surface area contributed by atoms with Crippen molar-refractivity contribution in [3.8, 4) is 16.5 Å². The molecule has 3 aromatic heterocycles. The number of nitrogens with one attached hydrogen (secondary N) is 1. The van der Waals surface area contributed by atoms with Crippen LogP contribution in [0.5, 0.6) is 0 Å². The van der Waals surface area contributed by atoms with E-state index in [-0.39, 0.29) is 18.2 Å². The molecule has 1 amide bonds. The minimum absolute atomic E-state index is 0.0279. The number of fused-ring (bicyclic) bond motifs is 1. The number of carbonyl (C=O) groups is 1. The van der Waals surface area contributed by atoms with Crippen molar-refractivity contribution in [1.82, 2.24) is 20.5 Å². The Kier molecular flexibility index (Phi) is 4.60. The summed E-state index contributed by atoms with van der Waals surface area (Å²) in [6.07, 6.45) is 1.77. The Morgan fingerprint density at radius 3 is 2.80 bits per heavy atom. The number of hydrogen-bond donors (Lipinski definition) is 1. The van der Waals surface area contributed by atoms with Crippen molar-refractivity contribution < 1.29 is 9.21 Å². The number of aryl methyl sites for hydroxylation is 1. The van der Waals surface area contributed by atoms with Crippen LogP contribution in [-0.4, -0.2) is 26.6 Å². The first-order valence-corrected chi connectivity index (χ1v) is 11.1. The zero-order valence-electron chi connectivity index (χ0n) is 16.1. The molecule has 7 nitrogen and oxygen atoms in total. The highest BCUT2D eigenvalue weighted by Gasteiger charge is 2.44. The lowest BCUT2D eigenvalue weighted by Crippen LogP contribution is -2.36. The fourth-order valence-corrected chi connectivity index (χ4v) is 5.05. The molecule has 5 rings (SSSR count). The van der Waals surface area contributed by atoms with Gasteiger partial charge in [-0.05, 0) is 49.6 Å². The quantitative estimate of drug-likeness (QED) is 0.490. The average Bonchev–Trinajstić information content (AvgIpc) is 3.05. The van der Waals surface area contributed by atoms with Crippen molar-refractivity contribution in [2.45, 2.75) is 38.1 Å². The standard InChI is InChI=1S/C21H17N5O2S2/c1-12-2-5-15(29-12)13-3-4-14-16(8-13)30-20(23-14)10-19-26-25-18(28-19)9-17(27)24-21(11-22)6-7-21/h2-5,8H,6-7,9-10H2,1H3,(H,24,27). The summed E-state index contributed by atoms with van der Waals surface area (Å²) < 4.78 is 6.73. The summed E-state index contributed by atoms with van der Waals surface area (Å²) in [6.45, 7) is 2.10. The van der Waals surface area contributed by atoms with Crippen molar-refractivity contribution in [2.75, 3.05) is 0 Å². The second-order valence-corrected chi connectivity index (χ2v) is 9.79. The lowest BCUT2D eigenvalue weighted by Gasteiger charge is -2.06. The van der Waals surface area contributed by atoms with E-state index in [2.05, 4.69) is 57.8 Å². The van der Waals surface area contributed by atoms with Gasteiger partial charge in [-0.3, -0.25) is 4.79 Å². The fourth-order valence-electron chi connectivity index (χ4n) is 3.19. The zero-order valence-corrected chi connectivity index (χ0v) is 17.8. The number of amides is 1. The summed E-state index contributed by atoms with van der Waals surface area (Å²) in [5, 5.41) is 20.7. The van der Waals surface area contributed by atoms with Crippen LogP contribution in [0.1, 0.15) is 34.5 Å². The molecule has 0 radical (unpaired) electrons. The van der Waals surface area contributed by atoms with Gasteiger partial charge in [-0.1, -0.05) is 6.07 Å². The number of thiazole rings is 1. The lowest BCUT2D eigenvalue weighted by molar-refractivity contribution is -0.121. The van der Waals surface area contributed by atoms with Gasteiger partial charge in [-0.15, -0.1) is 32.9 Å². The van der Waals surface area contributed by atoms with E-state index in [1.54, 1.807) is 22.7 Å². The molecule has 0 saturated heterocycles. The molecule has 1 N–H and O–H groups in total. The first-order chi connectivity index (χ1) is 14.5. The van der Waals surface area contributed by atoms with Crippen LogP contribution in [0.2, 0.25) is 0 Å². The maximum atomic E-state index is 12.1. The molecule has 3 heterocycles. The van der Waals surface area contributed by atoms with Gasteiger partial charge < -0.3 is 9.73 Å². The number of aromatic nitrogens is 3. The summed E-state index contributed by atoms with van der Waals surface area (Å²) >= 11 is 3.38. The van der Waals surface area contributed by atoms with E-state index in [1.807, 2.05) is 6.07 Å². The third-order valence-electron chi connectivity index (χ3n) is 4.92. The summed E-state index contributed by atoms with van der Waals surface area (Å²) in [7, 11) is 0. The van der Waals surface area contributed by atoms with Crippen LogP contribution in [0.4, 0.5) is 0 Å². The predicted octanol–water partition coefficient (Wildman–Crippen LogP) is 4.02. The zero-order chi connectivity index (χ0) is 20.7. The van der Waals surface area contributed by atoms with Gasteiger partial charge in [0.1, 0.15) is 17.0 Å². The fraction of sp³-hybridized carbons (Fsp3) is 0.286. The Bertz CT molecular complexity index is 1290. The Balaban J connectivity index is 1.28. The Morgan fingerprint density at radius 2 is 2.07 bits per heavy atom. The molecule has 0 aliphatic heterocycles. The van der Waals surface area contributed by atoms with Crippen LogP contribution < -0.4 is 5.32 Å². The average molecular weight is 436 g/mol. The number of thiophene rings is 1. The third-order valence-corrected chi connectivity index (χ3v) is 6.99. The number of carbonyl (C=O) groups excluding carboxylic acids is 1. The highest BCUT2D eigenvalue weighted by Crippen LogP contribution is 2.34. The summed E-state index contributed by atoms with van der Waals surface area (Å²) in [6, 6.07) is 12.7. The van der Waals surface area contributed by atoms with E-state index in [0.717, 1.165) is 15.2 Å². The Labute approximate surface area is 180 Å². The van der Waals surface area contributed by atoms with Crippen LogP contribution in [0, 0.1) is 18.3 Å². The molecule has 0 spiro atoms. The van der Waals surface area contributed by atoms with Crippen LogP contribution in [0.25, 0.3) is 20.7 Å². The van der Waals surface area contributed by atoms with E-state index < -0.39 is 5.54 Å². The predicted molar refractivity (Wildman–Crippen MR) is 114 cm³/mol. The SMILES string of the molecule is Cc1ccc(-c2ccc3nc(Cc4nnc(CC(=O)NC5(C#N)CC5)o4)sc3c2)s1. The highest BCUT2D eigenvalue weighted by molar-refractivity contribution is 7.18. The number of hydrogen-bond acceptors (Lipinski definition) is 8. The molecule has 1 fully saturated rings. The van der Waals surface area contributed by atoms with Crippen LogP contribution in [0.3, 0.4) is 0 Å². The molecule has 0 unspecified atom stereocenters. The molecule has 30 heavy (non-hydrogen) atoms. The maximum Gasteiger partial charge on any atom is 0.230 e. The molecule has 1 saturated carbocycles. The number of rotatable bonds is 6. The molecule has 4 aromatic rings. The molecular formula is C21H17N5O2S2. The molecule has 0 atom stereocenters. The van der Waals surface area contributed by atoms with Crippen molar-refractivity contribution in [3.63, 3.8) is 0 Å². The first-order valence-electron chi connectivity index (χ1n) is 9.52. The Morgan fingerprint density at radius 1 is 1.23 bits per heavy atom.